The standard InChI is InChI=1S/C76H97N13O15/c1-44(77-9)65(90)83-63(75(3,4)5)71(96)87-33-30-59-61(87)69(94)80-55(40-47-21-25-49-17-11-13-19-51(49)37-47)67(92)79-32-29-58(74(100)101)89-42-53(85-86-89)43-104-60-31-34-88(72(97)64(76(6,7)8)84-66(91)45(2)78-10)62(60)70(95)81-56(41-48-22-26-50-18-12-14-20-52(50)38-48)68(93)82-57(73(98)99)39-46-23-27-54(28-24-46)102-35-15-16-36-103-59/h11-28,37-38,42,44-45,55-64,77-78H,29-36,39-41,43H2,1-10H3,(H,79,92)(H,80,94)(H,81,95)(H,82,93)(H,83,90)(H,84,91)(H,98,99)(H,100,101)/b16-15+/t44-,45-,55-,56-,57-,58-,59+,60+,61-,62-,63+,64+/m0/s1. The zero-order valence-corrected chi connectivity index (χ0v) is 60.5. The summed E-state index contributed by atoms with van der Waals surface area (Å²) in [6, 6.07) is 20.7. The number of hydrogen-bond donors (Lipinski definition) is 10. The van der Waals surface area contributed by atoms with Crippen LogP contribution < -0.4 is 47.3 Å². The van der Waals surface area contributed by atoms with E-state index in [-0.39, 0.29) is 83.7 Å². The number of rotatable bonds is 14. The highest BCUT2D eigenvalue weighted by Crippen LogP contribution is 2.32. The molecule has 104 heavy (non-hydrogen) atoms. The molecule has 28 nitrogen and oxygen atoms in total. The number of carbonyl (C=O) groups is 10. The third kappa shape index (κ3) is 20.0. The monoisotopic (exact) mass is 1430 g/mol. The SMILES string of the molecule is CN[C@@H](C)C(=O)N[C@H](C(=O)N1CC[C@H]2OC/C=C/COc3ccc(cc3)C[C@@H](C(=O)O)NC(=O)[C@H](Cc3ccc4ccccc4c3)NC(=O)[C@@H]3[C@@H](CCN3C(=O)[C@@H](NC(=O)[C@H](C)NC)C(C)(C)C)OCc3cn(nn3)[C@H](C(=O)O)CCNC(=O)[C@H](Cc3ccc4ccccc4c3)NC(=O)[C@H]21)C(C)(C)C. The first-order valence-electron chi connectivity index (χ1n) is 35.2. The number of fused-ring (bicyclic) bond motifs is 22. The van der Waals surface area contributed by atoms with Gasteiger partial charge in [-0.15, -0.1) is 5.10 Å². The van der Waals surface area contributed by atoms with Crippen LogP contribution in [0.5, 0.6) is 5.75 Å². The molecule has 6 aromatic rings. The molecule has 2 fully saturated rings. The number of benzene rings is 5. The summed E-state index contributed by atoms with van der Waals surface area (Å²) < 4.78 is 20.0. The minimum Gasteiger partial charge on any atom is -0.490 e. The van der Waals surface area contributed by atoms with Crippen LogP contribution in [-0.2, 0) is 83.3 Å². The van der Waals surface area contributed by atoms with Crippen molar-refractivity contribution >= 4 is 80.7 Å². The van der Waals surface area contributed by atoms with Gasteiger partial charge in [0.25, 0.3) is 0 Å². The lowest BCUT2D eigenvalue weighted by molar-refractivity contribution is -0.147. The van der Waals surface area contributed by atoms with E-state index < -0.39 is 143 Å². The molecule has 5 aromatic carbocycles. The van der Waals surface area contributed by atoms with Gasteiger partial charge in [-0.1, -0.05) is 150 Å². The summed E-state index contributed by atoms with van der Waals surface area (Å²) in [7, 11) is 3.21. The number of carboxylic acids is 2. The number of nitrogens with one attached hydrogen (secondary N) is 8. The number of carboxylic acid groups (broad SMARTS) is 2. The molecule has 8 amide bonds. The summed E-state index contributed by atoms with van der Waals surface area (Å²) in [4.78, 5) is 146. The van der Waals surface area contributed by atoms with Crippen LogP contribution in [0, 0.1) is 10.8 Å². The Kier molecular flexibility index (Phi) is 26.2. The molecule has 0 aliphatic carbocycles. The summed E-state index contributed by atoms with van der Waals surface area (Å²) in [6.07, 6.45) is 2.30. The predicted octanol–water partition coefficient (Wildman–Crippen LogP) is 3.68. The number of carbonyl (C=O) groups excluding carboxylic acids is 8. The van der Waals surface area contributed by atoms with Crippen molar-refractivity contribution in [3.8, 4) is 5.75 Å². The number of amides is 8. The van der Waals surface area contributed by atoms with Gasteiger partial charge >= 0.3 is 11.9 Å². The topological polar surface area (TPSA) is 372 Å². The number of likely N-dealkylation sites (N-methyl/N-ethyl adjacent to an activating group) is 2. The highest BCUT2D eigenvalue weighted by atomic mass is 16.5. The molecule has 10 rings (SSSR count). The molecule has 12 atom stereocenters. The van der Waals surface area contributed by atoms with Crippen LogP contribution in [0.3, 0.4) is 0 Å². The van der Waals surface area contributed by atoms with Crippen LogP contribution >= 0.6 is 0 Å². The van der Waals surface area contributed by atoms with E-state index in [1.54, 1.807) is 112 Å². The van der Waals surface area contributed by atoms with Crippen molar-refractivity contribution in [3.63, 3.8) is 0 Å². The third-order valence-electron chi connectivity index (χ3n) is 19.2. The Morgan fingerprint density at radius 1 is 0.587 bits per heavy atom. The van der Waals surface area contributed by atoms with Gasteiger partial charge in [0.1, 0.15) is 60.3 Å². The number of likely N-dealkylation sites (tertiary alicyclic amines) is 2. The number of aliphatic carboxylic acids is 2. The van der Waals surface area contributed by atoms with Crippen molar-refractivity contribution in [1.82, 2.24) is 67.3 Å². The summed E-state index contributed by atoms with van der Waals surface area (Å²) in [6.45, 7) is 13.3. The Bertz CT molecular complexity index is 4110. The molecule has 0 spiro atoms. The molecule has 28 heteroatoms. The van der Waals surface area contributed by atoms with Crippen LogP contribution in [0.4, 0.5) is 0 Å². The van der Waals surface area contributed by atoms with Crippen LogP contribution in [0.1, 0.15) is 103 Å². The van der Waals surface area contributed by atoms with Gasteiger partial charge in [0.05, 0.1) is 43.7 Å². The van der Waals surface area contributed by atoms with Gasteiger partial charge in [0.2, 0.25) is 47.3 Å². The van der Waals surface area contributed by atoms with E-state index in [9.17, 15) is 43.8 Å². The maximum absolute atomic E-state index is 15.4. The fourth-order valence-corrected chi connectivity index (χ4v) is 13.0. The molecule has 0 saturated carbocycles. The highest BCUT2D eigenvalue weighted by Gasteiger charge is 2.50. The first-order chi connectivity index (χ1) is 49.5. The van der Waals surface area contributed by atoms with Crippen LogP contribution in [-0.4, -0.2) is 208 Å². The number of ether oxygens (including phenoxy) is 3. The van der Waals surface area contributed by atoms with Crippen LogP contribution in [0.15, 0.2) is 128 Å². The molecule has 5 heterocycles. The molecule has 1 aromatic heterocycles. The molecular weight excluding hydrogens is 1330 g/mol. The number of aromatic nitrogens is 3. The average Bonchev–Trinajstić information content (AvgIpc) is 1.60. The largest absolute Gasteiger partial charge is 0.490 e. The van der Waals surface area contributed by atoms with Crippen molar-refractivity contribution in [2.75, 3.05) is 46.9 Å². The van der Waals surface area contributed by atoms with Gasteiger partial charge in [-0.2, -0.15) is 0 Å². The van der Waals surface area contributed by atoms with Crippen LogP contribution in [0.2, 0.25) is 0 Å². The molecule has 4 aliphatic rings. The Morgan fingerprint density at radius 2 is 1.08 bits per heavy atom. The predicted molar refractivity (Wildman–Crippen MR) is 386 cm³/mol. The van der Waals surface area contributed by atoms with E-state index in [0.717, 1.165) is 26.2 Å². The van der Waals surface area contributed by atoms with Gasteiger partial charge in [-0.3, -0.25) is 38.4 Å². The summed E-state index contributed by atoms with van der Waals surface area (Å²) in [5.74, 6) is -7.48. The average molecular weight is 1430 g/mol. The zero-order valence-electron chi connectivity index (χ0n) is 60.5. The lowest BCUT2D eigenvalue weighted by Gasteiger charge is -2.37. The number of nitrogens with zero attached hydrogens (tertiary/aromatic N) is 5. The van der Waals surface area contributed by atoms with Crippen molar-refractivity contribution in [2.24, 2.45) is 10.8 Å². The van der Waals surface area contributed by atoms with E-state index in [1.165, 1.54) is 16.0 Å². The highest BCUT2D eigenvalue weighted by molar-refractivity contribution is 5.98. The van der Waals surface area contributed by atoms with Gasteiger partial charge in [-0.25, -0.2) is 14.3 Å². The second kappa shape index (κ2) is 34.9. The van der Waals surface area contributed by atoms with E-state index >= 15 is 14.4 Å². The molecular formula is C76H97N13O15. The second-order valence-corrected chi connectivity index (χ2v) is 28.9. The molecule has 10 N–H and O–H groups in total. The quantitative estimate of drug-likeness (QED) is 0.0695. The second-order valence-electron chi connectivity index (χ2n) is 28.9. The fourth-order valence-electron chi connectivity index (χ4n) is 13.0. The van der Waals surface area contributed by atoms with Crippen molar-refractivity contribution < 1.29 is 72.4 Å². The Balaban J connectivity index is 1.05. The first kappa shape index (κ1) is 78.0. The van der Waals surface area contributed by atoms with Crippen molar-refractivity contribution in [3.05, 3.63) is 150 Å². The lowest BCUT2D eigenvalue weighted by Crippen LogP contribution is -2.62. The Hall–Kier alpha value is -10.2. The van der Waals surface area contributed by atoms with Crippen molar-refractivity contribution in [2.45, 2.75) is 173 Å². The maximum Gasteiger partial charge on any atom is 0.328 e. The molecule has 4 bridgehead atoms. The minimum atomic E-state index is -1.51. The molecule has 0 unspecified atom stereocenters. The molecule has 556 valence electrons. The van der Waals surface area contributed by atoms with Gasteiger partial charge in [0.15, 0.2) is 6.04 Å². The van der Waals surface area contributed by atoms with Gasteiger partial charge < -0.3 is 76.8 Å². The third-order valence-corrected chi connectivity index (χ3v) is 19.2. The molecule has 2 saturated heterocycles. The van der Waals surface area contributed by atoms with E-state index in [2.05, 4.69) is 52.8 Å². The minimum absolute atomic E-state index is 0.0410. The first-order valence-corrected chi connectivity index (χ1v) is 35.2. The normalized spacial score (nSPS) is 23.1. The fraction of sp³-hybridized carbons (Fsp3) is 0.474. The Morgan fingerprint density at radius 3 is 1.57 bits per heavy atom. The zero-order chi connectivity index (χ0) is 75.2. The van der Waals surface area contributed by atoms with Gasteiger partial charge in [0, 0.05) is 38.9 Å². The summed E-state index contributed by atoms with van der Waals surface area (Å²) in [5.41, 5.74) is 0.142. The smallest absolute Gasteiger partial charge is 0.328 e. The summed E-state index contributed by atoms with van der Waals surface area (Å²) >= 11 is 0. The molecule has 4 aliphatic heterocycles. The Labute approximate surface area is 604 Å². The molecule has 0 radical (unpaired) electrons. The van der Waals surface area contributed by atoms with E-state index in [4.69, 9.17) is 14.2 Å². The number of hydrogen-bond acceptors (Lipinski definition) is 17. The van der Waals surface area contributed by atoms with Crippen molar-refractivity contribution in [1.29, 1.82) is 0 Å². The van der Waals surface area contributed by atoms with Crippen LogP contribution in [0.25, 0.3) is 21.5 Å². The van der Waals surface area contributed by atoms with Gasteiger partial charge in [-0.05, 0) is 114 Å². The summed E-state index contributed by atoms with van der Waals surface area (Å²) in [5, 5.41) is 56.2. The van der Waals surface area contributed by atoms with E-state index in [0.29, 0.717) is 22.4 Å². The lowest BCUT2D eigenvalue weighted by atomic mass is 9.85. The maximum atomic E-state index is 15.4. The van der Waals surface area contributed by atoms with E-state index in [1.807, 2.05) is 78.9 Å².